The van der Waals surface area contributed by atoms with Gasteiger partial charge in [0.25, 0.3) is 33.7 Å². The van der Waals surface area contributed by atoms with E-state index in [1.54, 1.807) is 68.7 Å². The summed E-state index contributed by atoms with van der Waals surface area (Å²) in [4.78, 5) is 126. The summed E-state index contributed by atoms with van der Waals surface area (Å²) in [7, 11) is -4.53. The van der Waals surface area contributed by atoms with E-state index in [0.717, 1.165) is 53.8 Å². The number of hydrogen-bond donors (Lipinski definition) is 6. The summed E-state index contributed by atoms with van der Waals surface area (Å²) in [6, 6.07) is 16.9. The Bertz CT molecular complexity index is 4220. The molecule has 4 atom stereocenters. The van der Waals surface area contributed by atoms with Crippen LogP contribution in [-0.4, -0.2) is 163 Å². The van der Waals surface area contributed by atoms with Crippen LogP contribution in [0.3, 0.4) is 0 Å². The van der Waals surface area contributed by atoms with E-state index in [4.69, 9.17) is 31.0 Å². The largest absolute Gasteiger partial charge is 0.476 e. The molecule has 2 aromatic carbocycles. The molecule has 4 saturated carbocycles. The monoisotopic (exact) mass is 1410 g/mol. The lowest BCUT2D eigenvalue weighted by Crippen LogP contribution is -2.64. The topological polar surface area (TPSA) is 375 Å². The zero-order valence-electron chi connectivity index (χ0n) is 56.9. The number of carboxylic acid groups (broad SMARTS) is 1. The van der Waals surface area contributed by atoms with Gasteiger partial charge in [0.15, 0.2) is 10.8 Å². The molecule has 8 N–H and O–H groups in total. The van der Waals surface area contributed by atoms with E-state index in [1.165, 1.54) is 33.3 Å². The lowest BCUT2D eigenvalue weighted by molar-refractivity contribution is -0.248. The third-order valence-electron chi connectivity index (χ3n) is 20.1. The molecule has 100 heavy (non-hydrogen) atoms. The van der Waals surface area contributed by atoms with Gasteiger partial charge in [0, 0.05) is 92.1 Å². The van der Waals surface area contributed by atoms with Crippen LogP contribution < -0.4 is 31.9 Å². The number of carboxylic acids is 1. The number of benzene rings is 2. The average molecular weight is 1410 g/mol. The molecular formula is C71H87N13O14S2. The van der Waals surface area contributed by atoms with Gasteiger partial charge in [-0.1, -0.05) is 69.7 Å². The molecule has 4 bridgehead atoms. The molecule has 2 unspecified atom stereocenters. The number of imide groups is 1. The number of carbonyl (C=O) groups is 8. The molecular weight excluding hydrogens is 1320 g/mol. The van der Waals surface area contributed by atoms with Gasteiger partial charge in [-0.2, -0.15) is 13.5 Å². The average Bonchev–Trinajstić information content (AvgIpc) is 0.699. The second kappa shape index (κ2) is 29.7. The summed E-state index contributed by atoms with van der Waals surface area (Å²) in [5, 5.41) is 21.9. The second-order valence-corrected chi connectivity index (χ2v) is 31.2. The number of nitrogens with zero attached hydrogens (tertiary/aromatic N) is 9. The van der Waals surface area contributed by atoms with Crippen molar-refractivity contribution in [1.82, 2.24) is 39.8 Å². The van der Waals surface area contributed by atoms with Crippen LogP contribution in [0, 0.1) is 29.1 Å². The number of amides is 7. The van der Waals surface area contributed by atoms with Gasteiger partial charge >= 0.3 is 12.1 Å². The molecule has 27 nitrogen and oxygen atoms in total. The molecule has 4 fully saturated rings. The smallest absolute Gasteiger partial charge is 0.410 e. The molecule has 4 aliphatic carbocycles. The first-order valence-electron chi connectivity index (χ1n) is 34.0. The number of aromatic nitrogens is 5. The number of nitrogens with one attached hydrogen (secondary N) is 2. The number of aromatic carboxylic acids is 1. The predicted molar refractivity (Wildman–Crippen MR) is 373 cm³/mol. The van der Waals surface area contributed by atoms with E-state index >= 15 is 0 Å². The molecule has 6 aromatic rings. The van der Waals surface area contributed by atoms with E-state index in [2.05, 4.69) is 34.4 Å². The third kappa shape index (κ3) is 16.4. The van der Waals surface area contributed by atoms with Crippen LogP contribution in [0.4, 0.5) is 21.4 Å². The van der Waals surface area contributed by atoms with Crippen LogP contribution in [-0.2, 0) is 69.7 Å². The Balaban J connectivity index is 0.734. The van der Waals surface area contributed by atoms with E-state index in [1.807, 2.05) is 40.8 Å². The van der Waals surface area contributed by atoms with Crippen molar-refractivity contribution in [2.45, 2.75) is 155 Å². The lowest BCUT2D eigenvalue weighted by atomic mass is 9.39. The predicted octanol–water partition coefficient (Wildman–Crippen LogP) is 7.99. The molecule has 7 amide bonds. The van der Waals surface area contributed by atoms with Crippen molar-refractivity contribution in [3.05, 3.63) is 125 Å². The van der Waals surface area contributed by atoms with Gasteiger partial charge in [-0.25, -0.2) is 24.5 Å². The molecule has 4 aromatic heterocycles. The highest BCUT2D eigenvalue weighted by atomic mass is 32.2. The summed E-state index contributed by atoms with van der Waals surface area (Å²) in [6.07, 6.45) is 12.4. The van der Waals surface area contributed by atoms with E-state index in [0.29, 0.717) is 102 Å². The highest BCUT2D eigenvalue weighted by Crippen LogP contribution is 2.72. The maximum Gasteiger partial charge on any atom is 0.410 e. The van der Waals surface area contributed by atoms with E-state index < -0.39 is 75.8 Å². The van der Waals surface area contributed by atoms with Crippen LogP contribution in [0.5, 0.6) is 0 Å². The Kier molecular flexibility index (Phi) is 21.4. The van der Waals surface area contributed by atoms with Crippen molar-refractivity contribution >= 4 is 95.9 Å². The SMILES string of the molecule is Cc1c(-c2ccc(N3CCc4cccc(C(=O)Nc5nc6cccnc6s5)c4C3)nc2C(=O)O)cnn1CC12CC3(C)CC(C)(C1)CC(OCCN(CCS(=O)(=O)O)C(=O)OCc1ccc(N(C(=O)[C@@H](NC(=O)CCCCCN4C(=O)C=CC4=O)C(C)C)[C@@H](CCCN)C(N)=O)cc1)(C3)C2. The zero-order valence-corrected chi connectivity index (χ0v) is 58.6. The zero-order chi connectivity index (χ0) is 71.5. The van der Waals surface area contributed by atoms with Gasteiger partial charge < -0.3 is 41.2 Å². The molecule has 2 aliphatic heterocycles. The van der Waals surface area contributed by atoms with Crippen LogP contribution in [0.25, 0.3) is 21.5 Å². The van der Waals surface area contributed by atoms with Crippen LogP contribution in [0.15, 0.2) is 91.3 Å². The van der Waals surface area contributed by atoms with E-state index in [-0.39, 0.29) is 91.0 Å². The molecule has 0 saturated heterocycles. The van der Waals surface area contributed by atoms with Crippen LogP contribution in [0.2, 0.25) is 0 Å². The number of carbonyl (C=O) groups excluding carboxylic acids is 7. The number of ether oxygens (including phenoxy) is 2. The number of primary amides is 1. The van der Waals surface area contributed by atoms with Crippen molar-refractivity contribution in [2.24, 2.45) is 33.6 Å². The Morgan fingerprint density at radius 2 is 1.60 bits per heavy atom. The fourth-order valence-corrected chi connectivity index (χ4v) is 17.9. The molecule has 12 rings (SSSR count). The summed E-state index contributed by atoms with van der Waals surface area (Å²) < 4.78 is 48.9. The second-order valence-electron chi connectivity index (χ2n) is 28.6. The minimum absolute atomic E-state index is 0.0170. The van der Waals surface area contributed by atoms with Crippen molar-refractivity contribution in [1.29, 1.82) is 0 Å². The quantitative estimate of drug-likeness (QED) is 0.0136. The number of rotatable bonds is 31. The number of anilines is 3. The minimum Gasteiger partial charge on any atom is -0.476 e. The number of hydrogen-bond acceptors (Lipinski definition) is 19. The highest BCUT2D eigenvalue weighted by Gasteiger charge is 2.66. The Hall–Kier alpha value is -9.03. The maximum atomic E-state index is 14.6. The number of unbranched alkanes of at least 4 members (excludes halogenated alkanes) is 2. The van der Waals surface area contributed by atoms with E-state index in [9.17, 15) is 56.4 Å². The Morgan fingerprint density at radius 3 is 2.28 bits per heavy atom. The third-order valence-corrected chi connectivity index (χ3v) is 21.7. The normalized spacial score (nSPS) is 21.3. The van der Waals surface area contributed by atoms with Crippen molar-refractivity contribution in [3.8, 4) is 11.1 Å². The van der Waals surface area contributed by atoms with Crippen molar-refractivity contribution < 1.29 is 65.9 Å². The number of nitrogens with two attached hydrogens (primary N) is 2. The molecule has 29 heteroatoms. The number of pyridine rings is 2. The first-order valence-corrected chi connectivity index (χ1v) is 36.4. The van der Waals surface area contributed by atoms with Crippen molar-refractivity contribution in [3.63, 3.8) is 0 Å². The minimum atomic E-state index is -4.53. The first-order chi connectivity index (χ1) is 47.5. The molecule has 532 valence electrons. The summed E-state index contributed by atoms with van der Waals surface area (Å²) >= 11 is 1.29. The fourth-order valence-electron chi connectivity index (χ4n) is 16.7. The van der Waals surface area contributed by atoms with Gasteiger partial charge in [0.2, 0.25) is 11.8 Å². The number of fused-ring (bicyclic) bond motifs is 2. The summed E-state index contributed by atoms with van der Waals surface area (Å²) in [5.74, 6) is -4.81. The maximum absolute atomic E-state index is 14.6. The Morgan fingerprint density at radius 1 is 0.860 bits per heavy atom. The Labute approximate surface area is 584 Å². The van der Waals surface area contributed by atoms with Crippen LogP contribution >= 0.6 is 11.3 Å². The van der Waals surface area contributed by atoms with Crippen LogP contribution in [0.1, 0.15) is 148 Å². The van der Waals surface area contributed by atoms with Gasteiger partial charge in [0.05, 0.1) is 24.2 Å². The first kappa shape index (κ1) is 72.2. The molecule has 0 radical (unpaired) electrons. The number of thiazole rings is 1. The highest BCUT2D eigenvalue weighted by molar-refractivity contribution is 7.85. The molecule has 6 aliphatic rings. The lowest BCUT2D eigenvalue weighted by Gasteiger charge is -2.69. The van der Waals surface area contributed by atoms with Gasteiger partial charge in [-0.3, -0.25) is 53.1 Å². The fraction of sp³-hybridized carbons (Fsp3) is 0.493. The summed E-state index contributed by atoms with van der Waals surface area (Å²) in [6.45, 7) is 11.1. The summed E-state index contributed by atoms with van der Waals surface area (Å²) in [5.41, 5.74) is 16.1. The molecule has 6 heterocycles. The van der Waals surface area contributed by atoms with Gasteiger partial charge in [-0.15, -0.1) is 0 Å². The van der Waals surface area contributed by atoms with Crippen molar-refractivity contribution in [2.75, 3.05) is 60.2 Å². The van der Waals surface area contributed by atoms with Gasteiger partial charge in [-0.05, 0) is 165 Å². The van der Waals surface area contributed by atoms with Gasteiger partial charge in [0.1, 0.15) is 34.9 Å². The molecule has 0 spiro atoms. The standard InChI is InChI=1S/C71H87N13O14S2/c1-44(2)59(78-56(85)16-7-6-8-28-82-57(86)23-24-58(82)87)64(90)84(54(61(73)88)15-10-26-72)48-19-17-46(18-20-48)36-97-67(93)80(31-33-100(94,95)96)30-32-98-71-40-68(4)37-69(5,41-71)39-70(38-68,42-71)43-83-45(3)51(34-75-83)49-21-22-55(77-60(49)65(91)92)81-29-25-47-12-9-13-50(52(47)35-81)62(89)79-66-76-53-14-11-27-74-63(53)99-66/h9,11-14,17-24,27,34,44,54,59H,6-8,10,15-16,25-26,28-33,35-43,72H2,1-5H3,(H2,73,88)(H,78,85)(H,91,92)(H,76,79,89)(H,94,95,96)/t54-,59-,68?,69?,70?,71?/m0/s1.